The van der Waals surface area contributed by atoms with Gasteiger partial charge in [-0.2, -0.15) is 0 Å². The second-order valence-electron chi connectivity index (χ2n) is 4.10. The zero-order chi connectivity index (χ0) is 9.64. The molecular weight excluding hydrogens is 190 g/mol. The van der Waals surface area contributed by atoms with Crippen LogP contribution in [0.4, 0.5) is 0 Å². The van der Waals surface area contributed by atoms with Crippen LogP contribution in [0.3, 0.4) is 0 Å². The topological polar surface area (TPSA) is 55.4 Å². The first-order chi connectivity index (χ1) is 6.02. The summed E-state index contributed by atoms with van der Waals surface area (Å²) in [5.74, 6) is 0.877. The molecule has 1 aliphatic carbocycles. The molecule has 2 fully saturated rings. The van der Waals surface area contributed by atoms with Crippen molar-refractivity contribution in [3.05, 3.63) is 0 Å². The predicted molar refractivity (Wildman–Crippen MR) is 48.8 cm³/mol. The first-order valence-electron chi connectivity index (χ1n) is 4.61. The second kappa shape index (κ2) is 2.93. The van der Waals surface area contributed by atoms with Gasteiger partial charge in [0.1, 0.15) is 0 Å². The van der Waals surface area contributed by atoms with Crippen molar-refractivity contribution in [1.29, 1.82) is 0 Å². The minimum Gasteiger partial charge on any atom is -0.381 e. The zero-order valence-corrected chi connectivity index (χ0v) is 8.67. The monoisotopic (exact) mass is 205 g/mol. The summed E-state index contributed by atoms with van der Waals surface area (Å²) in [6.07, 6.45) is 0. The highest BCUT2D eigenvalue weighted by atomic mass is 32.2. The molecule has 0 bridgehead atoms. The molecule has 2 atom stereocenters. The van der Waals surface area contributed by atoms with Gasteiger partial charge < -0.3 is 4.74 Å². The van der Waals surface area contributed by atoms with Gasteiger partial charge in [0.25, 0.3) is 0 Å². The van der Waals surface area contributed by atoms with Gasteiger partial charge in [0.15, 0.2) is 0 Å². The Morgan fingerprint density at radius 1 is 1.31 bits per heavy atom. The normalized spacial score (nSPS) is 37.9. The Morgan fingerprint density at radius 2 is 1.85 bits per heavy atom. The van der Waals surface area contributed by atoms with Gasteiger partial charge in [-0.05, 0) is 13.8 Å². The highest BCUT2D eigenvalue weighted by Gasteiger charge is 2.55. The van der Waals surface area contributed by atoms with Gasteiger partial charge in [-0.15, -0.1) is 0 Å². The van der Waals surface area contributed by atoms with E-state index in [1.54, 1.807) is 13.8 Å². The van der Waals surface area contributed by atoms with Gasteiger partial charge in [0.05, 0.1) is 18.5 Å². The van der Waals surface area contributed by atoms with Crippen LogP contribution in [-0.4, -0.2) is 32.9 Å². The smallest absolute Gasteiger partial charge is 0.214 e. The van der Waals surface area contributed by atoms with Gasteiger partial charge in [-0.1, -0.05) is 0 Å². The molecule has 0 aromatic carbocycles. The average Bonchev–Trinajstić information content (AvgIpc) is 2.49. The Labute approximate surface area is 78.7 Å². The van der Waals surface area contributed by atoms with E-state index in [-0.39, 0.29) is 11.3 Å². The van der Waals surface area contributed by atoms with E-state index in [1.807, 2.05) is 0 Å². The van der Waals surface area contributed by atoms with Crippen LogP contribution in [0.15, 0.2) is 0 Å². The fourth-order valence-electron chi connectivity index (χ4n) is 1.74. The lowest BCUT2D eigenvalue weighted by molar-refractivity contribution is 0.159. The Bertz CT molecular complexity index is 289. The molecule has 1 N–H and O–H groups in total. The molecule has 1 heterocycles. The maximum atomic E-state index is 11.5. The number of nitrogens with one attached hydrogen (secondary N) is 1. The molecule has 4 nitrogen and oxygen atoms in total. The van der Waals surface area contributed by atoms with Gasteiger partial charge in [-0.3, -0.25) is 0 Å². The van der Waals surface area contributed by atoms with Crippen LogP contribution in [0, 0.1) is 11.8 Å². The summed E-state index contributed by atoms with van der Waals surface area (Å²) >= 11 is 0. The van der Waals surface area contributed by atoms with Crippen LogP contribution in [0.25, 0.3) is 0 Å². The molecule has 0 aromatic heterocycles. The van der Waals surface area contributed by atoms with E-state index in [0.717, 1.165) is 13.2 Å². The number of sulfonamides is 1. The molecule has 2 aliphatic rings. The summed E-state index contributed by atoms with van der Waals surface area (Å²) in [7, 11) is -3.08. The molecule has 1 saturated carbocycles. The summed E-state index contributed by atoms with van der Waals surface area (Å²) in [4.78, 5) is 0. The lowest BCUT2D eigenvalue weighted by atomic mass is 10.4. The zero-order valence-electron chi connectivity index (χ0n) is 7.86. The number of rotatable bonds is 3. The Balaban J connectivity index is 1.94. The quantitative estimate of drug-likeness (QED) is 0.703. The largest absolute Gasteiger partial charge is 0.381 e. The molecular formula is C8H15NO3S. The van der Waals surface area contributed by atoms with Crippen LogP contribution < -0.4 is 4.72 Å². The summed E-state index contributed by atoms with van der Waals surface area (Å²) in [6, 6.07) is 0.154. The fourth-order valence-corrected chi connectivity index (χ4v) is 2.74. The first kappa shape index (κ1) is 9.43. The molecule has 0 amide bonds. The molecule has 2 unspecified atom stereocenters. The minimum atomic E-state index is -3.08. The van der Waals surface area contributed by atoms with Crippen molar-refractivity contribution >= 4 is 10.0 Å². The molecule has 5 heteroatoms. The van der Waals surface area contributed by atoms with E-state index in [0.29, 0.717) is 11.8 Å². The molecule has 76 valence electrons. The third kappa shape index (κ3) is 1.60. The van der Waals surface area contributed by atoms with E-state index in [1.165, 1.54) is 0 Å². The van der Waals surface area contributed by atoms with Crippen LogP contribution in [-0.2, 0) is 14.8 Å². The minimum absolute atomic E-state index is 0.154. The predicted octanol–water partition coefficient (Wildman–Crippen LogP) is -0.0410. The third-order valence-corrected chi connectivity index (χ3v) is 4.72. The Hall–Kier alpha value is -0.130. The van der Waals surface area contributed by atoms with Crippen LogP contribution >= 0.6 is 0 Å². The first-order valence-corrected chi connectivity index (χ1v) is 6.16. The molecule has 1 saturated heterocycles. The number of hydrogen-bond donors (Lipinski definition) is 1. The van der Waals surface area contributed by atoms with Gasteiger partial charge in [0.2, 0.25) is 10.0 Å². The van der Waals surface area contributed by atoms with Gasteiger partial charge in [0, 0.05) is 17.9 Å². The Kier molecular flexibility index (Phi) is 2.13. The van der Waals surface area contributed by atoms with Crippen molar-refractivity contribution in [3.8, 4) is 0 Å². The molecule has 0 radical (unpaired) electrons. The van der Waals surface area contributed by atoms with Crippen LogP contribution in [0.2, 0.25) is 0 Å². The number of fused-ring (bicyclic) bond motifs is 1. The van der Waals surface area contributed by atoms with Crippen molar-refractivity contribution in [3.63, 3.8) is 0 Å². The van der Waals surface area contributed by atoms with Gasteiger partial charge in [-0.25, -0.2) is 13.1 Å². The summed E-state index contributed by atoms with van der Waals surface area (Å²) in [5, 5.41) is -0.338. The lowest BCUT2D eigenvalue weighted by Crippen LogP contribution is -2.35. The van der Waals surface area contributed by atoms with E-state index in [4.69, 9.17) is 4.74 Å². The molecule has 2 rings (SSSR count). The molecule has 1 aliphatic heterocycles. The lowest BCUT2D eigenvalue weighted by Gasteiger charge is -2.10. The maximum absolute atomic E-state index is 11.5. The van der Waals surface area contributed by atoms with E-state index in [9.17, 15) is 8.42 Å². The summed E-state index contributed by atoms with van der Waals surface area (Å²) < 4.78 is 30.8. The van der Waals surface area contributed by atoms with Crippen molar-refractivity contribution in [2.45, 2.75) is 25.1 Å². The number of ether oxygens (including phenoxy) is 1. The van der Waals surface area contributed by atoms with Crippen molar-refractivity contribution in [1.82, 2.24) is 4.72 Å². The van der Waals surface area contributed by atoms with E-state index in [2.05, 4.69) is 4.72 Å². The van der Waals surface area contributed by atoms with Crippen LogP contribution in [0.5, 0.6) is 0 Å². The molecule has 13 heavy (non-hydrogen) atoms. The number of hydrogen-bond acceptors (Lipinski definition) is 3. The van der Waals surface area contributed by atoms with E-state index < -0.39 is 10.0 Å². The van der Waals surface area contributed by atoms with Gasteiger partial charge >= 0.3 is 0 Å². The standard InChI is InChI=1S/C8H15NO3S/c1-5(2)13(10,11)9-8-6-3-12-4-7(6)8/h5-9H,3-4H2,1-2H3. The average molecular weight is 205 g/mol. The SMILES string of the molecule is CC(C)S(=O)(=O)NC1C2COCC21. The highest BCUT2D eigenvalue weighted by Crippen LogP contribution is 2.44. The highest BCUT2D eigenvalue weighted by molar-refractivity contribution is 7.90. The molecule has 0 spiro atoms. The summed E-state index contributed by atoms with van der Waals surface area (Å²) in [5.41, 5.74) is 0. The maximum Gasteiger partial charge on any atom is 0.214 e. The van der Waals surface area contributed by atoms with Crippen molar-refractivity contribution in [2.75, 3.05) is 13.2 Å². The molecule has 0 aromatic rings. The van der Waals surface area contributed by atoms with Crippen molar-refractivity contribution in [2.24, 2.45) is 11.8 Å². The Morgan fingerprint density at radius 3 is 2.31 bits per heavy atom. The third-order valence-electron chi connectivity index (χ3n) is 2.87. The van der Waals surface area contributed by atoms with E-state index >= 15 is 0 Å². The second-order valence-corrected chi connectivity index (χ2v) is 6.37. The van der Waals surface area contributed by atoms with Crippen molar-refractivity contribution < 1.29 is 13.2 Å². The summed E-state index contributed by atoms with van der Waals surface area (Å²) in [6.45, 7) is 4.82. The van der Waals surface area contributed by atoms with Crippen LogP contribution in [0.1, 0.15) is 13.8 Å². The fraction of sp³-hybridized carbons (Fsp3) is 1.00.